The minimum absolute atomic E-state index is 0.918. The third kappa shape index (κ3) is 2.50. The predicted molar refractivity (Wildman–Crippen MR) is 62.1 cm³/mol. The fourth-order valence-electron chi connectivity index (χ4n) is 1.32. The first kappa shape index (κ1) is 9.59. The molecule has 0 radical (unpaired) electrons. The molecule has 0 aliphatic heterocycles. The molecule has 0 saturated heterocycles. The van der Waals surface area contributed by atoms with Crippen LogP contribution in [0.1, 0.15) is 17.0 Å². The molecule has 0 N–H and O–H groups in total. The van der Waals surface area contributed by atoms with Gasteiger partial charge < -0.3 is 0 Å². The minimum Gasteiger partial charge on any atom is -0.258 e. The van der Waals surface area contributed by atoms with Crippen LogP contribution in [-0.4, -0.2) is 9.97 Å². The highest BCUT2D eigenvalue weighted by atomic mass is 14.8. The van der Waals surface area contributed by atoms with Crippen LogP contribution >= 0.6 is 0 Å². The van der Waals surface area contributed by atoms with Gasteiger partial charge in [-0.3, -0.25) is 9.97 Å². The summed E-state index contributed by atoms with van der Waals surface area (Å²) >= 11 is 0. The molecule has 0 amide bonds. The molecule has 1 aromatic heterocycles. The van der Waals surface area contributed by atoms with Crippen LogP contribution in [-0.2, 0) is 0 Å². The second kappa shape index (κ2) is 4.51. The highest BCUT2D eigenvalue weighted by Crippen LogP contribution is 2.07. The molecule has 1 aromatic carbocycles. The van der Waals surface area contributed by atoms with E-state index >= 15 is 0 Å². The van der Waals surface area contributed by atoms with Gasteiger partial charge in [0.25, 0.3) is 0 Å². The average Bonchev–Trinajstić information content (AvgIpc) is 2.29. The summed E-state index contributed by atoms with van der Waals surface area (Å²) in [6, 6.07) is 10.2. The van der Waals surface area contributed by atoms with E-state index in [0.717, 1.165) is 11.4 Å². The quantitative estimate of drug-likeness (QED) is 0.738. The molecular weight excluding hydrogens is 184 g/mol. The smallest absolute Gasteiger partial charge is 0.0842 e. The summed E-state index contributed by atoms with van der Waals surface area (Å²) in [4.78, 5) is 8.42. The Morgan fingerprint density at radius 3 is 2.40 bits per heavy atom. The van der Waals surface area contributed by atoms with Crippen LogP contribution in [0.4, 0.5) is 0 Å². The van der Waals surface area contributed by atoms with Crippen LogP contribution in [0, 0.1) is 6.92 Å². The van der Waals surface area contributed by atoms with Gasteiger partial charge in [0.2, 0.25) is 0 Å². The fourth-order valence-corrected chi connectivity index (χ4v) is 1.32. The third-order valence-electron chi connectivity index (χ3n) is 2.15. The molecule has 2 nitrogen and oxygen atoms in total. The van der Waals surface area contributed by atoms with Gasteiger partial charge in [-0.25, -0.2) is 0 Å². The van der Waals surface area contributed by atoms with Crippen molar-refractivity contribution < 1.29 is 0 Å². The number of hydrogen-bond acceptors (Lipinski definition) is 2. The van der Waals surface area contributed by atoms with Crippen molar-refractivity contribution in [1.29, 1.82) is 0 Å². The maximum Gasteiger partial charge on any atom is 0.0842 e. The molecule has 2 heteroatoms. The summed E-state index contributed by atoms with van der Waals surface area (Å²) in [5.74, 6) is 0. The first-order valence-electron chi connectivity index (χ1n) is 4.87. The molecule has 0 saturated carbocycles. The molecule has 1 heterocycles. The van der Waals surface area contributed by atoms with Crippen molar-refractivity contribution in [3.05, 3.63) is 59.7 Å². The van der Waals surface area contributed by atoms with Gasteiger partial charge in [-0.05, 0) is 18.6 Å². The lowest BCUT2D eigenvalue weighted by atomic mass is 10.2. The van der Waals surface area contributed by atoms with Crippen LogP contribution in [0.5, 0.6) is 0 Å². The van der Waals surface area contributed by atoms with Crippen LogP contribution in [0.3, 0.4) is 0 Å². The van der Waals surface area contributed by atoms with Gasteiger partial charge in [0.15, 0.2) is 0 Å². The van der Waals surface area contributed by atoms with E-state index in [2.05, 4.69) is 22.1 Å². The highest BCUT2D eigenvalue weighted by Gasteiger charge is 1.93. The van der Waals surface area contributed by atoms with E-state index in [1.54, 1.807) is 12.4 Å². The molecule has 0 aliphatic rings. The van der Waals surface area contributed by atoms with E-state index in [9.17, 15) is 0 Å². The first-order valence-corrected chi connectivity index (χ1v) is 4.87. The lowest BCUT2D eigenvalue weighted by Gasteiger charge is -1.96. The summed E-state index contributed by atoms with van der Waals surface area (Å²) in [7, 11) is 0. The molecule has 0 spiro atoms. The lowest BCUT2D eigenvalue weighted by molar-refractivity contribution is 1.10. The number of nitrogens with zero attached hydrogens (tertiary/aromatic N) is 2. The fraction of sp³-hybridized carbons (Fsp3) is 0.0769. The monoisotopic (exact) mass is 196 g/mol. The van der Waals surface area contributed by atoms with E-state index in [1.807, 2.05) is 37.3 Å². The predicted octanol–water partition coefficient (Wildman–Crippen LogP) is 2.96. The standard InChI is InChI=1S/C13H12N2/c1-11-13(15-10-9-14-11)8-7-12-5-3-2-4-6-12/h2-10H,1H3. The number of aromatic nitrogens is 2. The van der Waals surface area contributed by atoms with Crippen molar-refractivity contribution in [2.75, 3.05) is 0 Å². The molecular formula is C13H12N2. The van der Waals surface area contributed by atoms with Crippen molar-refractivity contribution in [3.63, 3.8) is 0 Å². The molecule has 0 atom stereocenters. The van der Waals surface area contributed by atoms with Crippen LogP contribution in [0.25, 0.3) is 12.2 Å². The third-order valence-corrected chi connectivity index (χ3v) is 2.15. The Labute approximate surface area is 89.3 Å². The van der Waals surface area contributed by atoms with Crippen molar-refractivity contribution in [1.82, 2.24) is 9.97 Å². The van der Waals surface area contributed by atoms with Crippen LogP contribution in [0.2, 0.25) is 0 Å². The summed E-state index contributed by atoms with van der Waals surface area (Å²) in [6.07, 6.45) is 7.43. The second-order valence-electron chi connectivity index (χ2n) is 3.27. The van der Waals surface area contributed by atoms with Gasteiger partial charge in [-0.2, -0.15) is 0 Å². The van der Waals surface area contributed by atoms with E-state index in [1.165, 1.54) is 5.56 Å². The van der Waals surface area contributed by atoms with Gasteiger partial charge in [0, 0.05) is 12.4 Å². The number of hydrogen-bond donors (Lipinski definition) is 0. The minimum atomic E-state index is 0.918. The average molecular weight is 196 g/mol. The molecule has 2 rings (SSSR count). The van der Waals surface area contributed by atoms with Gasteiger partial charge in [0.1, 0.15) is 0 Å². The maximum atomic E-state index is 4.24. The first-order chi connectivity index (χ1) is 7.36. The van der Waals surface area contributed by atoms with Gasteiger partial charge in [0.05, 0.1) is 11.4 Å². The van der Waals surface area contributed by atoms with E-state index < -0.39 is 0 Å². The van der Waals surface area contributed by atoms with Crippen molar-refractivity contribution >= 4 is 12.2 Å². The Morgan fingerprint density at radius 1 is 0.933 bits per heavy atom. The largest absolute Gasteiger partial charge is 0.258 e. The zero-order valence-electron chi connectivity index (χ0n) is 8.59. The SMILES string of the molecule is Cc1nccnc1C=Cc1ccccc1. The van der Waals surface area contributed by atoms with E-state index in [4.69, 9.17) is 0 Å². The van der Waals surface area contributed by atoms with Crippen LogP contribution < -0.4 is 0 Å². The number of aryl methyl sites for hydroxylation is 1. The number of rotatable bonds is 2. The second-order valence-corrected chi connectivity index (χ2v) is 3.27. The summed E-state index contributed by atoms with van der Waals surface area (Å²) in [5, 5.41) is 0. The molecule has 15 heavy (non-hydrogen) atoms. The van der Waals surface area contributed by atoms with Gasteiger partial charge in [-0.1, -0.05) is 36.4 Å². The molecule has 0 fully saturated rings. The Hall–Kier alpha value is -1.96. The number of benzene rings is 1. The summed E-state index contributed by atoms with van der Waals surface area (Å²) in [5.41, 5.74) is 3.04. The Morgan fingerprint density at radius 2 is 1.67 bits per heavy atom. The topological polar surface area (TPSA) is 25.8 Å². The Kier molecular flexibility index (Phi) is 2.88. The maximum absolute atomic E-state index is 4.24. The molecule has 2 aromatic rings. The molecule has 74 valence electrons. The van der Waals surface area contributed by atoms with E-state index in [0.29, 0.717) is 0 Å². The zero-order chi connectivity index (χ0) is 10.5. The zero-order valence-corrected chi connectivity index (χ0v) is 8.59. The summed E-state index contributed by atoms with van der Waals surface area (Å²) in [6.45, 7) is 1.96. The van der Waals surface area contributed by atoms with Crippen molar-refractivity contribution in [3.8, 4) is 0 Å². The lowest BCUT2D eigenvalue weighted by Crippen LogP contribution is -1.88. The normalized spacial score (nSPS) is 10.7. The van der Waals surface area contributed by atoms with Crippen molar-refractivity contribution in [2.24, 2.45) is 0 Å². The van der Waals surface area contributed by atoms with Gasteiger partial charge >= 0.3 is 0 Å². The molecule has 0 aliphatic carbocycles. The van der Waals surface area contributed by atoms with Crippen molar-refractivity contribution in [2.45, 2.75) is 6.92 Å². The Bertz CT molecular complexity index is 461. The van der Waals surface area contributed by atoms with E-state index in [-0.39, 0.29) is 0 Å². The molecule has 0 bridgehead atoms. The van der Waals surface area contributed by atoms with Gasteiger partial charge in [-0.15, -0.1) is 0 Å². The Balaban J connectivity index is 2.23. The summed E-state index contributed by atoms with van der Waals surface area (Å²) < 4.78 is 0. The molecule has 0 unspecified atom stereocenters. The highest BCUT2D eigenvalue weighted by molar-refractivity contribution is 5.68. The van der Waals surface area contributed by atoms with Crippen LogP contribution in [0.15, 0.2) is 42.7 Å².